The maximum Gasteiger partial charge on any atom is 0.152 e. The molecule has 5 heteroatoms. The summed E-state index contributed by atoms with van der Waals surface area (Å²) in [7, 11) is 1.88. The molecule has 0 aliphatic carbocycles. The summed E-state index contributed by atoms with van der Waals surface area (Å²) in [5, 5.41) is 14.7. The van der Waals surface area contributed by atoms with Crippen molar-refractivity contribution in [2.75, 3.05) is 6.54 Å². The van der Waals surface area contributed by atoms with Crippen molar-refractivity contribution < 1.29 is 0 Å². The van der Waals surface area contributed by atoms with E-state index in [1.807, 2.05) is 7.05 Å². The SMILES string of the molecule is Cn1nnnc1C[C@H]1CCCN1. The summed E-state index contributed by atoms with van der Waals surface area (Å²) in [5.41, 5.74) is 0. The first-order valence-electron chi connectivity index (χ1n) is 4.31. The van der Waals surface area contributed by atoms with Gasteiger partial charge in [0.15, 0.2) is 5.82 Å². The van der Waals surface area contributed by atoms with Gasteiger partial charge in [-0.15, -0.1) is 5.10 Å². The number of hydrogen-bond donors (Lipinski definition) is 1. The Kier molecular flexibility index (Phi) is 2.03. The minimum Gasteiger partial charge on any atom is -0.314 e. The quantitative estimate of drug-likeness (QED) is 0.645. The maximum atomic E-state index is 3.94. The number of tetrazole rings is 1. The van der Waals surface area contributed by atoms with Gasteiger partial charge in [0.05, 0.1) is 0 Å². The predicted molar refractivity (Wildman–Crippen MR) is 43.5 cm³/mol. The molecule has 0 bridgehead atoms. The van der Waals surface area contributed by atoms with Gasteiger partial charge in [0.1, 0.15) is 0 Å². The fraction of sp³-hybridized carbons (Fsp3) is 0.857. The Bertz CT molecular complexity index is 250. The van der Waals surface area contributed by atoms with Gasteiger partial charge in [0, 0.05) is 19.5 Å². The highest BCUT2D eigenvalue weighted by Crippen LogP contribution is 2.08. The largest absolute Gasteiger partial charge is 0.314 e. The number of nitrogens with zero attached hydrogens (tertiary/aromatic N) is 4. The van der Waals surface area contributed by atoms with Gasteiger partial charge >= 0.3 is 0 Å². The number of hydrogen-bond acceptors (Lipinski definition) is 4. The van der Waals surface area contributed by atoms with Crippen LogP contribution in [-0.2, 0) is 13.5 Å². The van der Waals surface area contributed by atoms with Gasteiger partial charge < -0.3 is 5.32 Å². The third kappa shape index (κ3) is 1.45. The van der Waals surface area contributed by atoms with Crippen LogP contribution in [-0.4, -0.2) is 32.8 Å². The zero-order valence-electron chi connectivity index (χ0n) is 7.19. The van der Waals surface area contributed by atoms with E-state index < -0.39 is 0 Å². The number of rotatable bonds is 2. The first kappa shape index (κ1) is 7.67. The highest BCUT2D eigenvalue weighted by molar-refractivity contribution is 4.88. The minimum atomic E-state index is 0.578. The van der Waals surface area contributed by atoms with E-state index in [1.54, 1.807) is 4.68 Å². The summed E-state index contributed by atoms with van der Waals surface area (Å²) < 4.78 is 1.74. The summed E-state index contributed by atoms with van der Waals surface area (Å²) in [6.45, 7) is 1.13. The normalized spacial score (nSPS) is 23.2. The van der Waals surface area contributed by atoms with Crippen LogP contribution in [0.5, 0.6) is 0 Å². The summed E-state index contributed by atoms with van der Waals surface area (Å²) in [6.07, 6.45) is 3.46. The van der Waals surface area contributed by atoms with E-state index >= 15 is 0 Å². The Hall–Kier alpha value is -0.970. The van der Waals surface area contributed by atoms with Crippen LogP contribution in [0.1, 0.15) is 18.7 Å². The predicted octanol–water partition coefficient (Wildman–Crippen LogP) is -0.495. The average Bonchev–Trinajstić information content (AvgIpc) is 2.65. The summed E-state index contributed by atoms with van der Waals surface area (Å²) in [6, 6.07) is 0.578. The topological polar surface area (TPSA) is 55.6 Å². The second-order valence-corrected chi connectivity index (χ2v) is 3.22. The average molecular weight is 167 g/mol. The molecule has 12 heavy (non-hydrogen) atoms. The molecule has 1 saturated heterocycles. The van der Waals surface area contributed by atoms with Crippen molar-refractivity contribution in [1.29, 1.82) is 0 Å². The Labute approximate surface area is 71.1 Å². The van der Waals surface area contributed by atoms with E-state index in [0.29, 0.717) is 6.04 Å². The van der Waals surface area contributed by atoms with Crippen LogP contribution in [0.3, 0.4) is 0 Å². The van der Waals surface area contributed by atoms with Crippen molar-refractivity contribution in [3.8, 4) is 0 Å². The van der Waals surface area contributed by atoms with Gasteiger partial charge in [-0.05, 0) is 29.8 Å². The lowest BCUT2D eigenvalue weighted by Crippen LogP contribution is -2.25. The Morgan fingerprint density at radius 1 is 1.67 bits per heavy atom. The molecule has 5 nitrogen and oxygen atoms in total. The third-order valence-electron chi connectivity index (χ3n) is 2.30. The van der Waals surface area contributed by atoms with E-state index in [4.69, 9.17) is 0 Å². The zero-order chi connectivity index (χ0) is 8.39. The molecule has 0 unspecified atom stereocenters. The second kappa shape index (κ2) is 3.18. The highest BCUT2D eigenvalue weighted by atomic mass is 15.5. The van der Waals surface area contributed by atoms with Gasteiger partial charge in [-0.25, -0.2) is 4.68 Å². The maximum absolute atomic E-state index is 3.94. The molecular weight excluding hydrogens is 154 g/mol. The first-order valence-corrected chi connectivity index (χ1v) is 4.31. The molecule has 1 aliphatic rings. The van der Waals surface area contributed by atoms with Gasteiger partial charge in [-0.3, -0.25) is 0 Å². The molecule has 1 N–H and O–H groups in total. The van der Waals surface area contributed by atoms with E-state index in [1.165, 1.54) is 12.8 Å². The first-order chi connectivity index (χ1) is 5.86. The lowest BCUT2D eigenvalue weighted by atomic mass is 10.1. The molecule has 66 valence electrons. The monoisotopic (exact) mass is 167 g/mol. The molecule has 0 saturated carbocycles. The molecule has 1 aliphatic heterocycles. The fourth-order valence-corrected chi connectivity index (χ4v) is 1.57. The van der Waals surface area contributed by atoms with Crippen molar-refractivity contribution in [3.63, 3.8) is 0 Å². The summed E-state index contributed by atoms with van der Waals surface area (Å²) in [4.78, 5) is 0. The van der Waals surface area contributed by atoms with Crippen molar-refractivity contribution in [2.45, 2.75) is 25.3 Å². The summed E-state index contributed by atoms with van der Waals surface area (Å²) in [5.74, 6) is 0.967. The molecule has 0 spiro atoms. The molecule has 2 heterocycles. The number of aryl methyl sites for hydroxylation is 1. The van der Waals surface area contributed by atoms with Crippen molar-refractivity contribution in [3.05, 3.63) is 5.82 Å². The highest BCUT2D eigenvalue weighted by Gasteiger charge is 2.16. The van der Waals surface area contributed by atoms with E-state index in [2.05, 4.69) is 20.8 Å². The number of aromatic nitrogens is 4. The molecule has 1 atom stereocenters. The molecule has 1 aromatic heterocycles. The third-order valence-corrected chi connectivity index (χ3v) is 2.30. The van der Waals surface area contributed by atoms with Crippen molar-refractivity contribution >= 4 is 0 Å². The van der Waals surface area contributed by atoms with Gasteiger partial charge in [-0.1, -0.05) is 0 Å². The Morgan fingerprint density at radius 2 is 2.58 bits per heavy atom. The van der Waals surface area contributed by atoms with Crippen LogP contribution >= 0.6 is 0 Å². The standard InChI is InChI=1S/C7H13N5/c1-12-7(9-10-11-12)5-6-3-2-4-8-6/h6,8H,2-5H2,1H3/t6-/m1/s1. The van der Waals surface area contributed by atoms with E-state index in [9.17, 15) is 0 Å². The van der Waals surface area contributed by atoms with E-state index in [0.717, 1.165) is 18.8 Å². The Balaban J connectivity index is 1.98. The lowest BCUT2D eigenvalue weighted by Gasteiger charge is -2.07. The van der Waals surface area contributed by atoms with Crippen LogP contribution in [0.25, 0.3) is 0 Å². The van der Waals surface area contributed by atoms with Crippen molar-refractivity contribution in [1.82, 2.24) is 25.5 Å². The van der Waals surface area contributed by atoms with Gasteiger partial charge in [-0.2, -0.15) is 0 Å². The molecule has 0 aromatic carbocycles. The molecule has 0 amide bonds. The Morgan fingerprint density at radius 3 is 3.17 bits per heavy atom. The summed E-state index contributed by atoms with van der Waals surface area (Å²) >= 11 is 0. The van der Waals surface area contributed by atoms with Crippen LogP contribution < -0.4 is 5.32 Å². The number of nitrogens with one attached hydrogen (secondary N) is 1. The molecule has 0 radical (unpaired) electrons. The molecular formula is C7H13N5. The van der Waals surface area contributed by atoms with Crippen LogP contribution in [0.15, 0.2) is 0 Å². The van der Waals surface area contributed by atoms with Gasteiger partial charge in [0.25, 0.3) is 0 Å². The van der Waals surface area contributed by atoms with Crippen LogP contribution in [0.4, 0.5) is 0 Å². The second-order valence-electron chi connectivity index (χ2n) is 3.22. The lowest BCUT2D eigenvalue weighted by molar-refractivity contribution is 0.561. The van der Waals surface area contributed by atoms with Crippen LogP contribution in [0, 0.1) is 0 Å². The van der Waals surface area contributed by atoms with Gasteiger partial charge in [0.2, 0.25) is 0 Å². The molecule has 1 aromatic rings. The van der Waals surface area contributed by atoms with Crippen molar-refractivity contribution in [2.24, 2.45) is 7.05 Å². The molecule has 1 fully saturated rings. The molecule has 2 rings (SSSR count). The van der Waals surface area contributed by atoms with Crippen LogP contribution in [0.2, 0.25) is 0 Å². The zero-order valence-corrected chi connectivity index (χ0v) is 7.19. The smallest absolute Gasteiger partial charge is 0.152 e. The minimum absolute atomic E-state index is 0.578. The van der Waals surface area contributed by atoms with E-state index in [-0.39, 0.29) is 0 Å². The fourth-order valence-electron chi connectivity index (χ4n) is 1.57.